The molecule has 3 aliphatic heterocycles. The van der Waals surface area contributed by atoms with Gasteiger partial charge in [-0.15, -0.1) is 0 Å². The van der Waals surface area contributed by atoms with Crippen molar-refractivity contribution < 1.29 is 47.5 Å². The number of allylic oxidation sites excluding steroid dienone is 4. The van der Waals surface area contributed by atoms with Gasteiger partial charge in [0.15, 0.2) is 18.4 Å². The van der Waals surface area contributed by atoms with Crippen molar-refractivity contribution in [2.75, 3.05) is 21.3 Å². The van der Waals surface area contributed by atoms with E-state index in [2.05, 4.69) is 45.1 Å². The number of methoxy groups -OCH3 is 3. The third-order valence-electron chi connectivity index (χ3n) is 14.3. The second-order valence-corrected chi connectivity index (χ2v) is 18.1. The average Bonchev–Trinajstić information content (AvgIpc) is 3.78. The van der Waals surface area contributed by atoms with Crippen LogP contribution in [-0.4, -0.2) is 94.5 Å². The number of esters is 1. The topological polar surface area (TPSA) is 108 Å². The van der Waals surface area contributed by atoms with Crippen molar-refractivity contribution >= 4 is 23.4 Å². The molecule has 3 aliphatic carbocycles. The molecule has 6 aliphatic rings. The minimum Gasteiger partial charge on any atom is -0.462 e. The zero-order valence-corrected chi connectivity index (χ0v) is 35.9. The highest BCUT2D eigenvalue weighted by atomic mass is 35.5. The molecular weight excluding hydrogens is 748 g/mol. The highest BCUT2D eigenvalue weighted by Crippen LogP contribution is 2.58. The van der Waals surface area contributed by atoms with Crippen LogP contribution in [0.3, 0.4) is 0 Å². The molecule has 17 atom stereocenters. The smallest absolute Gasteiger partial charge is 0.307 e. The van der Waals surface area contributed by atoms with Crippen molar-refractivity contribution in [3.05, 3.63) is 58.1 Å². The summed E-state index contributed by atoms with van der Waals surface area (Å²) in [5, 5.41) is 0.678. The maximum Gasteiger partial charge on any atom is 0.307 e. The third kappa shape index (κ3) is 9.00. The Balaban J connectivity index is 1.21. The predicted molar refractivity (Wildman–Crippen MR) is 216 cm³/mol. The molecule has 0 amide bonds. The highest BCUT2D eigenvalue weighted by Gasteiger charge is 2.54. The van der Waals surface area contributed by atoms with Gasteiger partial charge in [-0.25, -0.2) is 0 Å². The predicted octanol–water partition coefficient (Wildman–Crippen LogP) is 8.38. The van der Waals surface area contributed by atoms with Gasteiger partial charge in [0, 0.05) is 50.0 Å². The maximum atomic E-state index is 14.9. The second-order valence-electron chi connectivity index (χ2n) is 17.6. The van der Waals surface area contributed by atoms with Gasteiger partial charge in [0.2, 0.25) is 0 Å². The van der Waals surface area contributed by atoms with Gasteiger partial charge in [-0.2, -0.15) is 0 Å². The van der Waals surface area contributed by atoms with Crippen molar-refractivity contribution in [1.29, 1.82) is 0 Å². The van der Waals surface area contributed by atoms with Gasteiger partial charge < -0.3 is 37.9 Å². The molecule has 0 spiro atoms. The van der Waals surface area contributed by atoms with E-state index in [1.54, 1.807) is 21.3 Å². The van der Waals surface area contributed by atoms with E-state index in [1.165, 1.54) is 0 Å². The van der Waals surface area contributed by atoms with E-state index in [1.807, 2.05) is 26.0 Å². The van der Waals surface area contributed by atoms with Gasteiger partial charge in [-0.05, 0) is 106 Å². The fourth-order valence-corrected chi connectivity index (χ4v) is 11.0. The van der Waals surface area contributed by atoms with Gasteiger partial charge in [-0.1, -0.05) is 62.2 Å². The first kappa shape index (κ1) is 43.0. The number of cyclic esters (lactones) is 1. The number of carbonyl (C=O) groups excluding carboxylic acids is 2. The summed E-state index contributed by atoms with van der Waals surface area (Å²) < 4.78 is 50.1. The summed E-state index contributed by atoms with van der Waals surface area (Å²) in [7, 11) is 4.97. The summed E-state index contributed by atoms with van der Waals surface area (Å²) in [5.74, 6) is -0.145. The van der Waals surface area contributed by atoms with Crippen LogP contribution in [0.15, 0.2) is 47.6 Å². The zero-order valence-electron chi connectivity index (χ0n) is 35.1. The first-order valence-corrected chi connectivity index (χ1v) is 21.9. The maximum absolute atomic E-state index is 14.9. The van der Waals surface area contributed by atoms with E-state index in [-0.39, 0.29) is 96.8 Å². The Kier molecular flexibility index (Phi) is 14.0. The molecule has 3 saturated heterocycles. The summed E-state index contributed by atoms with van der Waals surface area (Å²) in [6.45, 7) is 10.4. The number of Topliss-reactive ketones (excluding diaryl/α,β-unsaturated/α-hetero) is 1. The second kappa shape index (κ2) is 18.6. The molecule has 0 aromatic heterocycles. The summed E-state index contributed by atoms with van der Waals surface area (Å²) >= 11 is 6.41. The Morgan fingerprint density at radius 1 is 0.772 bits per heavy atom. The van der Waals surface area contributed by atoms with E-state index < -0.39 is 18.3 Å². The lowest BCUT2D eigenvalue weighted by Gasteiger charge is -2.44. The molecule has 316 valence electrons. The summed E-state index contributed by atoms with van der Waals surface area (Å²) in [6, 6.07) is 8.09. The molecule has 0 N–H and O–H groups in total. The Labute approximate surface area is 344 Å². The lowest BCUT2D eigenvalue weighted by Crippen LogP contribution is -2.59. The van der Waals surface area contributed by atoms with Gasteiger partial charge >= 0.3 is 5.97 Å². The summed E-state index contributed by atoms with van der Waals surface area (Å²) in [4.78, 5) is 28.8. The molecule has 0 bridgehead atoms. The van der Waals surface area contributed by atoms with Crippen LogP contribution in [0.4, 0.5) is 0 Å². The van der Waals surface area contributed by atoms with Crippen molar-refractivity contribution in [3.63, 3.8) is 0 Å². The number of rotatable bonds is 9. The van der Waals surface area contributed by atoms with Gasteiger partial charge in [0.1, 0.15) is 24.4 Å². The quantitative estimate of drug-likeness (QED) is 0.178. The van der Waals surface area contributed by atoms with Crippen LogP contribution in [0.25, 0.3) is 0 Å². The van der Waals surface area contributed by atoms with Gasteiger partial charge in [-0.3, -0.25) is 9.59 Å². The minimum absolute atomic E-state index is 0.0272. The van der Waals surface area contributed by atoms with Crippen molar-refractivity contribution in [2.45, 2.75) is 160 Å². The monoisotopic (exact) mass is 812 g/mol. The molecule has 0 radical (unpaired) electrons. The number of hydrogen-bond acceptors (Lipinski definition) is 10. The van der Waals surface area contributed by atoms with E-state index in [0.717, 1.165) is 56.1 Å². The Morgan fingerprint density at radius 3 is 2.14 bits per heavy atom. The molecule has 11 heteroatoms. The number of carbonyl (C=O) groups is 2. The largest absolute Gasteiger partial charge is 0.462 e. The van der Waals surface area contributed by atoms with Gasteiger partial charge in [0.25, 0.3) is 0 Å². The van der Waals surface area contributed by atoms with E-state index in [0.29, 0.717) is 22.9 Å². The average molecular weight is 813 g/mol. The Bertz CT molecular complexity index is 1610. The van der Waals surface area contributed by atoms with Gasteiger partial charge in [0.05, 0.1) is 30.8 Å². The molecular formula is C46H65ClO10. The SMILES string of the molecule is CC[C@H]1CCC[C@H](O[C@H]2CC[C@H](C)C(C)O2)[C@@H](C)C(=O)C2=C[C@@H]3C(=CC(c4ccc(Cl)cc4)[C@@H]4C[C@@H](O[C@@H]5OC(C)[C@H](OC)C(OC)[C@@H]5OC)C[C@@H]34)[C@@H]2CC(=O)O1. The Hall–Kier alpha value is -2.15. The lowest BCUT2D eigenvalue weighted by atomic mass is 9.66. The summed E-state index contributed by atoms with van der Waals surface area (Å²) in [5.41, 5.74) is 2.99. The van der Waals surface area contributed by atoms with E-state index >= 15 is 0 Å². The first-order valence-electron chi connectivity index (χ1n) is 21.6. The number of fused-ring (bicyclic) bond motifs is 5. The molecule has 10 nitrogen and oxygen atoms in total. The Morgan fingerprint density at radius 2 is 1.47 bits per heavy atom. The zero-order chi connectivity index (χ0) is 40.5. The number of halogens is 1. The molecule has 1 saturated carbocycles. The first-order chi connectivity index (χ1) is 27.4. The molecule has 1 aromatic rings. The number of hydrogen-bond donors (Lipinski definition) is 0. The van der Waals surface area contributed by atoms with Crippen LogP contribution in [0, 0.1) is 35.5 Å². The molecule has 7 rings (SSSR count). The van der Waals surface area contributed by atoms with Crippen LogP contribution >= 0.6 is 11.6 Å². The van der Waals surface area contributed by atoms with Crippen molar-refractivity contribution in [3.8, 4) is 0 Å². The fourth-order valence-electron chi connectivity index (χ4n) is 10.9. The third-order valence-corrected chi connectivity index (χ3v) is 14.6. The molecule has 1 aromatic carbocycles. The van der Waals surface area contributed by atoms with Crippen LogP contribution in [0.2, 0.25) is 5.02 Å². The number of ether oxygens (including phenoxy) is 8. The number of benzene rings is 1. The van der Waals surface area contributed by atoms with E-state index in [4.69, 9.17) is 49.5 Å². The van der Waals surface area contributed by atoms with Crippen LogP contribution in [-0.2, 0) is 47.5 Å². The fraction of sp³-hybridized carbons (Fsp3) is 0.739. The van der Waals surface area contributed by atoms with Crippen LogP contribution in [0.5, 0.6) is 0 Å². The minimum atomic E-state index is -0.648. The summed E-state index contributed by atoms with van der Waals surface area (Å²) in [6.07, 6.45) is 8.08. The molecule has 4 fully saturated rings. The van der Waals surface area contributed by atoms with Crippen LogP contribution < -0.4 is 0 Å². The van der Waals surface area contributed by atoms with E-state index in [9.17, 15) is 9.59 Å². The normalized spacial score (nSPS) is 42.8. The molecule has 57 heavy (non-hydrogen) atoms. The number of ketones is 1. The van der Waals surface area contributed by atoms with Crippen molar-refractivity contribution in [2.24, 2.45) is 35.5 Å². The molecule has 3 heterocycles. The lowest BCUT2D eigenvalue weighted by molar-refractivity contribution is -0.314. The van der Waals surface area contributed by atoms with Crippen LogP contribution in [0.1, 0.15) is 104 Å². The standard InChI is InChI=1S/C46H65ClO10/c1-9-30-11-10-12-39(57-41-18-13-24(2)26(4)53-41)25(3)42(49)38-22-36-34-20-31(56-46-45(52-8)44(51-7)43(50-6)27(5)54-46)19-33(34)32(28-14-16-29(47)17-15-28)21-35(36)37(38)23-40(48)55-30/h14-17,21-22,24-27,30-34,36-37,39,41,43-46H,9-13,18-20,23H2,1-8H3/t24-,25+,26?,27?,30-,31+,32?,33-,34+,36-,37-,39-,41-,43-,44?,45-,46-/m0/s1. The highest BCUT2D eigenvalue weighted by molar-refractivity contribution is 6.30. The molecule has 4 unspecified atom stereocenters. The van der Waals surface area contributed by atoms with Crippen molar-refractivity contribution in [1.82, 2.24) is 0 Å².